The molecule has 0 heterocycles. The summed E-state index contributed by atoms with van der Waals surface area (Å²) in [5, 5.41) is 0. The Hall–Kier alpha value is -2.07. The van der Waals surface area contributed by atoms with E-state index < -0.39 is 0 Å². The third-order valence-electron chi connectivity index (χ3n) is 2.54. The van der Waals surface area contributed by atoms with Gasteiger partial charge in [-0.25, -0.2) is 9.82 Å². The quantitative estimate of drug-likeness (QED) is 0.796. The molecule has 0 aliphatic rings. The number of hydrogen-bond donors (Lipinski definition) is 2. The van der Waals surface area contributed by atoms with E-state index in [0.29, 0.717) is 6.54 Å². The van der Waals surface area contributed by atoms with Crippen LogP contribution in [0.2, 0.25) is 0 Å². The van der Waals surface area contributed by atoms with Gasteiger partial charge in [0, 0.05) is 17.8 Å². The van der Waals surface area contributed by atoms with E-state index in [-0.39, 0.29) is 11.6 Å². The van der Waals surface area contributed by atoms with Crippen molar-refractivity contribution in [3.05, 3.63) is 59.9 Å². The molecule has 2 rings (SSSR count). The van der Waals surface area contributed by atoms with Crippen LogP contribution in [0.1, 0.15) is 5.56 Å². The maximum Gasteiger partial charge on any atom is 0.165 e. The number of hydrogen-bond acceptors (Lipinski definition) is 3. The van der Waals surface area contributed by atoms with E-state index in [0.717, 1.165) is 11.3 Å². The van der Waals surface area contributed by atoms with E-state index in [1.165, 1.54) is 13.2 Å². The minimum Gasteiger partial charge on any atom is -0.493 e. The van der Waals surface area contributed by atoms with Crippen LogP contribution in [0, 0.1) is 5.82 Å². The SMILES string of the molecule is COc1c(F)cccc1CNNc1ccccc1. The van der Waals surface area contributed by atoms with Crippen molar-refractivity contribution in [1.82, 2.24) is 5.43 Å². The smallest absolute Gasteiger partial charge is 0.165 e. The zero-order valence-electron chi connectivity index (χ0n) is 10.1. The van der Waals surface area contributed by atoms with E-state index >= 15 is 0 Å². The first kappa shape index (κ1) is 12.4. The molecule has 0 amide bonds. The maximum absolute atomic E-state index is 13.4. The molecule has 0 fully saturated rings. The van der Waals surface area contributed by atoms with Gasteiger partial charge >= 0.3 is 0 Å². The first-order valence-electron chi connectivity index (χ1n) is 5.66. The summed E-state index contributed by atoms with van der Waals surface area (Å²) in [5.41, 5.74) is 7.78. The Bertz CT molecular complexity index is 502. The normalized spacial score (nSPS) is 10.1. The van der Waals surface area contributed by atoms with Gasteiger partial charge in [-0.1, -0.05) is 30.3 Å². The lowest BCUT2D eigenvalue weighted by Crippen LogP contribution is -2.21. The second kappa shape index (κ2) is 6.02. The van der Waals surface area contributed by atoms with E-state index in [4.69, 9.17) is 4.74 Å². The summed E-state index contributed by atoms with van der Waals surface area (Å²) in [6.45, 7) is 0.468. The highest BCUT2D eigenvalue weighted by atomic mass is 19.1. The van der Waals surface area contributed by atoms with E-state index in [9.17, 15) is 4.39 Å². The number of halogens is 1. The molecule has 3 nitrogen and oxygen atoms in total. The Morgan fingerprint density at radius 1 is 1.06 bits per heavy atom. The second-order valence-electron chi connectivity index (χ2n) is 3.78. The summed E-state index contributed by atoms with van der Waals surface area (Å²) in [5.74, 6) is -0.0728. The summed E-state index contributed by atoms with van der Waals surface area (Å²) < 4.78 is 18.5. The van der Waals surface area contributed by atoms with Crippen molar-refractivity contribution >= 4 is 5.69 Å². The molecule has 94 valence electrons. The molecule has 2 aromatic rings. The third kappa shape index (κ3) is 2.99. The molecule has 0 radical (unpaired) electrons. The van der Waals surface area contributed by atoms with Crippen LogP contribution in [-0.4, -0.2) is 7.11 Å². The fourth-order valence-corrected chi connectivity index (χ4v) is 1.68. The summed E-state index contributed by atoms with van der Waals surface area (Å²) in [7, 11) is 1.46. The van der Waals surface area contributed by atoms with Crippen LogP contribution in [0.5, 0.6) is 5.75 Å². The van der Waals surface area contributed by atoms with Crippen molar-refractivity contribution in [1.29, 1.82) is 0 Å². The van der Waals surface area contributed by atoms with Gasteiger partial charge in [-0.05, 0) is 18.2 Å². The molecule has 0 saturated carbocycles. The second-order valence-corrected chi connectivity index (χ2v) is 3.78. The van der Waals surface area contributed by atoms with Gasteiger partial charge in [0.05, 0.1) is 7.11 Å². The van der Waals surface area contributed by atoms with Crippen molar-refractivity contribution in [3.8, 4) is 5.75 Å². The minimum atomic E-state index is -0.350. The molecule has 0 spiro atoms. The van der Waals surface area contributed by atoms with Crippen molar-refractivity contribution < 1.29 is 9.13 Å². The largest absolute Gasteiger partial charge is 0.493 e. The van der Waals surface area contributed by atoms with Gasteiger partial charge in [0.25, 0.3) is 0 Å². The Morgan fingerprint density at radius 2 is 1.83 bits per heavy atom. The first-order valence-corrected chi connectivity index (χ1v) is 5.66. The highest BCUT2D eigenvalue weighted by Crippen LogP contribution is 2.21. The lowest BCUT2D eigenvalue weighted by molar-refractivity contribution is 0.380. The summed E-state index contributed by atoms with van der Waals surface area (Å²) in [6.07, 6.45) is 0. The number of hydrazine groups is 1. The Labute approximate surface area is 106 Å². The Balaban J connectivity index is 1.96. The van der Waals surface area contributed by atoms with Crippen LogP contribution in [-0.2, 0) is 6.54 Å². The van der Waals surface area contributed by atoms with E-state index in [2.05, 4.69) is 10.9 Å². The predicted octanol–water partition coefficient (Wildman–Crippen LogP) is 2.95. The first-order chi connectivity index (χ1) is 8.81. The van der Waals surface area contributed by atoms with Crippen LogP contribution < -0.4 is 15.6 Å². The number of benzene rings is 2. The zero-order chi connectivity index (χ0) is 12.8. The molecule has 0 aliphatic heterocycles. The summed E-state index contributed by atoms with van der Waals surface area (Å²) >= 11 is 0. The monoisotopic (exact) mass is 246 g/mol. The maximum atomic E-state index is 13.4. The molecule has 0 atom stereocenters. The van der Waals surface area contributed by atoms with Crippen molar-refractivity contribution in [2.24, 2.45) is 0 Å². The van der Waals surface area contributed by atoms with E-state index in [1.54, 1.807) is 6.07 Å². The van der Waals surface area contributed by atoms with Gasteiger partial charge < -0.3 is 10.2 Å². The molecule has 0 unspecified atom stereocenters. The molecule has 18 heavy (non-hydrogen) atoms. The van der Waals surface area contributed by atoms with Crippen LogP contribution in [0.25, 0.3) is 0 Å². The van der Waals surface area contributed by atoms with Crippen LogP contribution in [0.15, 0.2) is 48.5 Å². The zero-order valence-corrected chi connectivity index (χ0v) is 10.1. The van der Waals surface area contributed by atoms with Gasteiger partial charge in [-0.3, -0.25) is 0 Å². The van der Waals surface area contributed by atoms with Gasteiger partial charge in [0.15, 0.2) is 11.6 Å². The number of anilines is 1. The van der Waals surface area contributed by atoms with Gasteiger partial charge in [0.1, 0.15) is 0 Å². The molecule has 0 aliphatic carbocycles. The number of methoxy groups -OCH3 is 1. The lowest BCUT2D eigenvalue weighted by atomic mass is 10.2. The average Bonchev–Trinajstić information content (AvgIpc) is 2.40. The van der Waals surface area contributed by atoms with Crippen molar-refractivity contribution in [2.45, 2.75) is 6.54 Å². The number of ether oxygens (including phenoxy) is 1. The highest BCUT2D eigenvalue weighted by molar-refractivity contribution is 5.41. The molecule has 0 bridgehead atoms. The fraction of sp³-hybridized carbons (Fsp3) is 0.143. The molecular formula is C14H15FN2O. The average molecular weight is 246 g/mol. The molecular weight excluding hydrogens is 231 g/mol. The van der Waals surface area contributed by atoms with Crippen molar-refractivity contribution in [3.63, 3.8) is 0 Å². The molecule has 0 saturated heterocycles. The summed E-state index contributed by atoms with van der Waals surface area (Å²) in [4.78, 5) is 0. The Morgan fingerprint density at radius 3 is 2.56 bits per heavy atom. The number of nitrogens with one attached hydrogen (secondary N) is 2. The third-order valence-corrected chi connectivity index (χ3v) is 2.54. The fourth-order valence-electron chi connectivity index (χ4n) is 1.68. The van der Waals surface area contributed by atoms with E-state index in [1.807, 2.05) is 36.4 Å². The van der Waals surface area contributed by atoms with Crippen LogP contribution in [0.4, 0.5) is 10.1 Å². The predicted molar refractivity (Wildman–Crippen MR) is 69.9 cm³/mol. The van der Waals surface area contributed by atoms with Crippen molar-refractivity contribution in [2.75, 3.05) is 12.5 Å². The van der Waals surface area contributed by atoms with Gasteiger partial charge in [0.2, 0.25) is 0 Å². The van der Waals surface area contributed by atoms with Crippen LogP contribution >= 0.6 is 0 Å². The highest BCUT2D eigenvalue weighted by Gasteiger charge is 2.07. The summed E-state index contributed by atoms with van der Waals surface area (Å²) in [6, 6.07) is 14.6. The minimum absolute atomic E-state index is 0.278. The standard InChI is InChI=1S/C14H15FN2O/c1-18-14-11(6-5-9-13(14)15)10-16-17-12-7-3-2-4-8-12/h2-9,16-17H,10H2,1H3. The molecule has 4 heteroatoms. The van der Waals surface area contributed by atoms with Crippen LogP contribution in [0.3, 0.4) is 0 Å². The molecule has 2 N–H and O–H groups in total. The van der Waals surface area contributed by atoms with Gasteiger partial charge in [-0.15, -0.1) is 0 Å². The molecule has 0 aromatic heterocycles. The number of rotatable bonds is 5. The lowest BCUT2D eigenvalue weighted by Gasteiger charge is -2.11. The molecule has 2 aromatic carbocycles. The topological polar surface area (TPSA) is 33.3 Å². The number of para-hydroxylation sites is 2. The Kier molecular flexibility index (Phi) is 4.15. The van der Waals surface area contributed by atoms with Gasteiger partial charge in [-0.2, -0.15) is 0 Å².